The van der Waals surface area contributed by atoms with Gasteiger partial charge in [-0.05, 0) is 32.6 Å². The van der Waals surface area contributed by atoms with E-state index < -0.39 is 0 Å². The Hall–Kier alpha value is -0.320. The van der Waals surface area contributed by atoms with Crippen molar-refractivity contribution in [2.75, 3.05) is 6.61 Å². The Labute approximate surface area is 109 Å². The summed E-state index contributed by atoms with van der Waals surface area (Å²) in [5.74, 6) is 0.623. The van der Waals surface area contributed by atoms with Crippen LogP contribution in [0.5, 0.6) is 0 Å². The van der Waals surface area contributed by atoms with Crippen LogP contribution in [0.4, 0.5) is 0 Å². The molecule has 4 atom stereocenters. The fraction of sp³-hybridized carbons (Fsp3) is 0.917. The number of nitrogens with two attached hydrogens (primary N) is 1. The van der Waals surface area contributed by atoms with Crippen molar-refractivity contribution in [2.45, 2.75) is 57.2 Å². The minimum absolute atomic E-state index is 0. The molecule has 1 aliphatic carbocycles. The molecule has 5 heteroatoms. The SMILES string of the molecule is CC(N)CC(=O)NC1CCCC2OCCC12.Cl. The van der Waals surface area contributed by atoms with Crippen molar-refractivity contribution in [2.24, 2.45) is 11.7 Å². The molecule has 0 bridgehead atoms. The first-order valence-electron chi connectivity index (χ1n) is 6.33. The van der Waals surface area contributed by atoms with Crippen molar-refractivity contribution in [3.63, 3.8) is 0 Å². The lowest BCUT2D eigenvalue weighted by molar-refractivity contribution is -0.122. The van der Waals surface area contributed by atoms with Gasteiger partial charge in [-0.3, -0.25) is 4.79 Å². The van der Waals surface area contributed by atoms with E-state index in [9.17, 15) is 4.79 Å². The van der Waals surface area contributed by atoms with Crippen molar-refractivity contribution < 1.29 is 9.53 Å². The molecule has 17 heavy (non-hydrogen) atoms. The Balaban J connectivity index is 0.00000144. The van der Waals surface area contributed by atoms with E-state index >= 15 is 0 Å². The normalized spacial score (nSPS) is 33.4. The number of carbonyl (C=O) groups is 1. The van der Waals surface area contributed by atoms with Gasteiger partial charge in [0, 0.05) is 31.0 Å². The second kappa shape index (κ2) is 6.57. The number of halogens is 1. The first-order chi connectivity index (χ1) is 7.66. The summed E-state index contributed by atoms with van der Waals surface area (Å²) in [5, 5.41) is 3.12. The third-order valence-corrected chi connectivity index (χ3v) is 3.64. The molecule has 0 radical (unpaired) electrons. The number of hydrogen-bond acceptors (Lipinski definition) is 3. The summed E-state index contributed by atoms with van der Waals surface area (Å²) >= 11 is 0. The Kier molecular flexibility index (Phi) is 5.70. The number of ether oxygens (including phenoxy) is 1. The van der Waals surface area contributed by atoms with Gasteiger partial charge in [0.15, 0.2) is 0 Å². The van der Waals surface area contributed by atoms with E-state index in [1.807, 2.05) is 6.92 Å². The number of carbonyl (C=O) groups excluding carboxylic acids is 1. The van der Waals surface area contributed by atoms with Gasteiger partial charge < -0.3 is 15.8 Å². The van der Waals surface area contributed by atoms with Crippen molar-refractivity contribution >= 4 is 18.3 Å². The highest BCUT2D eigenvalue weighted by molar-refractivity contribution is 5.85. The van der Waals surface area contributed by atoms with Crippen molar-refractivity contribution in [1.82, 2.24) is 5.32 Å². The Morgan fingerprint density at radius 3 is 2.94 bits per heavy atom. The number of hydrogen-bond donors (Lipinski definition) is 2. The monoisotopic (exact) mass is 262 g/mol. The van der Waals surface area contributed by atoms with Crippen LogP contribution in [0, 0.1) is 5.92 Å². The van der Waals surface area contributed by atoms with Crippen LogP contribution in [0.25, 0.3) is 0 Å². The minimum atomic E-state index is -0.0563. The van der Waals surface area contributed by atoms with Crippen LogP contribution < -0.4 is 11.1 Å². The molecule has 2 aliphatic rings. The first kappa shape index (κ1) is 14.7. The quantitative estimate of drug-likeness (QED) is 0.804. The third-order valence-electron chi connectivity index (χ3n) is 3.64. The molecule has 1 aliphatic heterocycles. The molecular formula is C12H23ClN2O2. The maximum absolute atomic E-state index is 11.7. The predicted octanol–water partition coefficient (Wildman–Crippen LogP) is 1.22. The van der Waals surface area contributed by atoms with Crippen molar-refractivity contribution in [1.29, 1.82) is 0 Å². The van der Waals surface area contributed by atoms with Crippen LogP contribution in [-0.2, 0) is 9.53 Å². The molecule has 0 aromatic carbocycles. The summed E-state index contributed by atoms with van der Waals surface area (Å²) in [7, 11) is 0. The maximum atomic E-state index is 11.7. The van der Waals surface area contributed by atoms with Crippen LogP contribution in [0.2, 0.25) is 0 Å². The lowest BCUT2D eigenvalue weighted by atomic mass is 9.81. The fourth-order valence-electron chi connectivity index (χ4n) is 2.91. The average molecular weight is 263 g/mol. The predicted molar refractivity (Wildman–Crippen MR) is 69.1 cm³/mol. The van der Waals surface area contributed by atoms with Gasteiger partial charge in [-0.25, -0.2) is 0 Å². The number of fused-ring (bicyclic) bond motifs is 1. The average Bonchev–Trinajstić information content (AvgIpc) is 2.65. The van der Waals surface area contributed by atoms with Gasteiger partial charge in [-0.1, -0.05) is 0 Å². The number of rotatable bonds is 3. The van der Waals surface area contributed by atoms with Crippen LogP contribution in [-0.4, -0.2) is 30.7 Å². The molecule has 3 N–H and O–H groups in total. The molecule has 4 nitrogen and oxygen atoms in total. The zero-order valence-electron chi connectivity index (χ0n) is 10.4. The standard InChI is InChI=1S/C12H22N2O2.ClH/c1-8(13)7-12(15)14-10-3-2-4-11-9(10)5-6-16-11;/h8-11H,2-7,13H2,1H3,(H,14,15);1H. The third kappa shape index (κ3) is 3.83. The van der Waals surface area contributed by atoms with E-state index in [0.29, 0.717) is 24.5 Å². The van der Waals surface area contributed by atoms with Gasteiger partial charge in [0.25, 0.3) is 0 Å². The second-order valence-corrected chi connectivity index (χ2v) is 5.15. The second-order valence-electron chi connectivity index (χ2n) is 5.15. The lowest BCUT2D eigenvalue weighted by Crippen LogP contribution is -2.46. The fourth-order valence-corrected chi connectivity index (χ4v) is 2.91. The molecule has 4 unspecified atom stereocenters. The summed E-state index contributed by atoms with van der Waals surface area (Å²) in [6.45, 7) is 2.72. The van der Waals surface area contributed by atoms with Crippen LogP contribution in [0.15, 0.2) is 0 Å². The zero-order valence-corrected chi connectivity index (χ0v) is 11.2. The summed E-state index contributed by atoms with van der Waals surface area (Å²) in [6, 6.07) is 0.256. The van der Waals surface area contributed by atoms with E-state index in [1.54, 1.807) is 0 Å². The van der Waals surface area contributed by atoms with E-state index in [-0.39, 0.29) is 24.4 Å². The molecule has 2 rings (SSSR count). The molecular weight excluding hydrogens is 240 g/mol. The maximum Gasteiger partial charge on any atom is 0.221 e. The number of nitrogens with one attached hydrogen (secondary N) is 1. The summed E-state index contributed by atoms with van der Waals surface area (Å²) in [5.41, 5.74) is 5.62. The highest BCUT2D eigenvalue weighted by Crippen LogP contribution is 2.34. The lowest BCUT2D eigenvalue weighted by Gasteiger charge is -2.33. The Morgan fingerprint density at radius 1 is 1.47 bits per heavy atom. The summed E-state index contributed by atoms with van der Waals surface area (Å²) < 4.78 is 5.67. The van der Waals surface area contributed by atoms with Gasteiger partial charge in [0.2, 0.25) is 5.91 Å². The molecule has 0 aromatic heterocycles. The summed E-state index contributed by atoms with van der Waals surface area (Å²) in [6.07, 6.45) is 5.31. The minimum Gasteiger partial charge on any atom is -0.378 e. The highest BCUT2D eigenvalue weighted by atomic mass is 35.5. The molecule has 0 spiro atoms. The largest absolute Gasteiger partial charge is 0.378 e. The number of amides is 1. The van der Waals surface area contributed by atoms with Crippen molar-refractivity contribution in [3.05, 3.63) is 0 Å². The van der Waals surface area contributed by atoms with Gasteiger partial charge in [0.05, 0.1) is 6.10 Å². The smallest absolute Gasteiger partial charge is 0.221 e. The van der Waals surface area contributed by atoms with Gasteiger partial charge in [-0.2, -0.15) is 0 Å². The molecule has 1 amide bonds. The topological polar surface area (TPSA) is 64.4 Å². The zero-order chi connectivity index (χ0) is 11.5. The van der Waals surface area contributed by atoms with Gasteiger partial charge >= 0.3 is 0 Å². The molecule has 1 saturated heterocycles. The van der Waals surface area contributed by atoms with E-state index in [1.165, 1.54) is 0 Å². The highest BCUT2D eigenvalue weighted by Gasteiger charge is 2.38. The summed E-state index contributed by atoms with van der Waals surface area (Å²) in [4.78, 5) is 11.7. The molecule has 2 fully saturated rings. The van der Waals surface area contributed by atoms with Gasteiger partial charge in [0.1, 0.15) is 0 Å². The molecule has 1 saturated carbocycles. The molecule has 100 valence electrons. The first-order valence-corrected chi connectivity index (χ1v) is 6.33. The Morgan fingerprint density at radius 2 is 2.24 bits per heavy atom. The van der Waals surface area contributed by atoms with Crippen molar-refractivity contribution in [3.8, 4) is 0 Å². The van der Waals surface area contributed by atoms with E-state index in [2.05, 4.69) is 5.32 Å². The van der Waals surface area contributed by atoms with E-state index in [0.717, 1.165) is 32.3 Å². The Bertz CT molecular complexity index is 261. The van der Waals surface area contributed by atoms with Gasteiger partial charge in [-0.15, -0.1) is 12.4 Å². The van der Waals surface area contributed by atoms with Crippen LogP contribution >= 0.6 is 12.4 Å². The van der Waals surface area contributed by atoms with Crippen LogP contribution in [0.1, 0.15) is 39.0 Å². The molecule has 1 heterocycles. The van der Waals surface area contributed by atoms with E-state index in [4.69, 9.17) is 10.5 Å². The van der Waals surface area contributed by atoms with Crippen LogP contribution in [0.3, 0.4) is 0 Å². The molecule has 0 aromatic rings.